The second-order valence-electron chi connectivity index (χ2n) is 3.34. The maximum atomic E-state index is 9.62. The Morgan fingerprint density at radius 2 is 1.83 bits per heavy atom. The molecule has 0 saturated heterocycles. The lowest BCUT2D eigenvalue weighted by Crippen LogP contribution is -1.97. The fraction of sp³-hybridized carbons (Fsp3) is 0.600. The van der Waals surface area contributed by atoms with Crippen molar-refractivity contribution in [3.63, 3.8) is 0 Å². The molecule has 1 heterocycles. The van der Waals surface area contributed by atoms with Crippen LogP contribution >= 0.6 is 0 Å². The zero-order valence-electron chi connectivity index (χ0n) is 8.23. The molecule has 12 heavy (non-hydrogen) atoms. The van der Waals surface area contributed by atoms with Crippen molar-refractivity contribution in [1.29, 1.82) is 0 Å². The van der Waals surface area contributed by atoms with Crippen LogP contribution in [0.5, 0.6) is 0 Å². The fourth-order valence-corrected chi connectivity index (χ4v) is 1.41. The van der Waals surface area contributed by atoms with Crippen LogP contribution in [0.3, 0.4) is 0 Å². The van der Waals surface area contributed by atoms with Gasteiger partial charge in [0.1, 0.15) is 0 Å². The van der Waals surface area contributed by atoms with Gasteiger partial charge in [0.05, 0.1) is 6.10 Å². The zero-order valence-corrected chi connectivity index (χ0v) is 8.23. The summed E-state index contributed by atoms with van der Waals surface area (Å²) < 4.78 is 0. The second-order valence-corrected chi connectivity index (χ2v) is 3.34. The molecule has 0 aliphatic rings. The van der Waals surface area contributed by atoms with E-state index in [1.165, 1.54) is 11.1 Å². The van der Waals surface area contributed by atoms with Crippen LogP contribution in [0.1, 0.15) is 42.0 Å². The molecule has 1 aromatic rings. The van der Waals surface area contributed by atoms with Crippen molar-refractivity contribution in [3.05, 3.63) is 22.5 Å². The van der Waals surface area contributed by atoms with E-state index in [0.29, 0.717) is 0 Å². The quantitative estimate of drug-likeness (QED) is 0.697. The van der Waals surface area contributed by atoms with Gasteiger partial charge < -0.3 is 10.1 Å². The van der Waals surface area contributed by atoms with Crippen molar-refractivity contribution in [1.82, 2.24) is 4.98 Å². The molecule has 2 N–H and O–H groups in total. The van der Waals surface area contributed by atoms with Gasteiger partial charge in [0.25, 0.3) is 0 Å². The van der Waals surface area contributed by atoms with Crippen molar-refractivity contribution in [3.8, 4) is 0 Å². The van der Waals surface area contributed by atoms with Crippen LogP contribution in [-0.4, -0.2) is 10.1 Å². The summed E-state index contributed by atoms with van der Waals surface area (Å²) in [7, 11) is 0. The summed E-state index contributed by atoms with van der Waals surface area (Å²) in [5.74, 6) is 0. The van der Waals surface area contributed by atoms with E-state index in [1.807, 2.05) is 20.8 Å². The van der Waals surface area contributed by atoms with Gasteiger partial charge in [-0.1, -0.05) is 6.92 Å². The average molecular weight is 167 g/mol. The molecule has 0 aliphatic carbocycles. The highest BCUT2D eigenvalue weighted by molar-refractivity contribution is 5.35. The molecule has 0 fully saturated rings. The second kappa shape index (κ2) is 3.31. The first-order valence-corrected chi connectivity index (χ1v) is 4.41. The van der Waals surface area contributed by atoms with E-state index < -0.39 is 0 Å². The Balaban J connectivity index is 3.08. The lowest BCUT2D eigenvalue weighted by Gasteiger charge is -2.06. The van der Waals surface area contributed by atoms with Gasteiger partial charge in [-0.25, -0.2) is 0 Å². The molecule has 2 heteroatoms. The third-order valence-corrected chi connectivity index (χ3v) is 2.57. The molecule has 68 valence electrons. The molecular formula is C10H17NO. The van der Waals surface area contributed by atoms with E-state index in [9.17, 15) is 5.11 Å². The van der Waals surface area contributed by atoms with Crippen LogP contribution in [-0.2, 0) is 0 Å². The first kappa shape index (κ1) is 9.33. The molecule has 0 spiro atoms. The van der Waals surface area contributed by atoms with Gasteiger partial charge in [-0.05, 0) is 38.3 Å². The number of aliphatic hydroxyl groups excluding tert-OH is 1. The first-order valence-electron chi connectivity index (χ1n) is 4.41. The number of hydrogen-bond donors (Lipinski definition) is 2. The van der Waals surface area contributed by atoms with Crippen LogP contribution in [0, 0.1) is 20.8 Å². The first-order chi connectivity index (χ1) is 5.57. The van der Waals surface area contributed by atoms with Crippen LogP contribution < -0.4 is 0 Å². The summed E-state index contributed by atoms with van der Waals surface area (Å²) in [5, 5.41) is 9.62. The molecule has 0 saturated carbocycles. The number of nitrogens with one attached hydrogen (secondary N) is 1. The largest absolute Gasteiger partial charge is 0.387 e. The lowest BCUT2D eigenvalue weighted by atomic mass is 10.1. The van der Waals surface area contributed by atoms with E-state index >= 15 is 0 Å². The lowest BCUT2D eigenvalue weighted by molar-refractivity contribution is 0.168. The van der Waals surface area contributed by atoms with Gasteiger partial charge >= 0.3 is 0 Å². The Kier molecular flexibility index (Phi) is 2.58. The molecule has 1 rings (SSSR count). The van der Waals surface area contributed by atoms with E-state index in [2.05, 4.69) is 11.9 Å². The van der Waals surface area contributed by atoms with Crippen LogP contribution in [0.15, 0.2) is 0 Å². The number of aliphatic hydroxyl groups is 1. The zero-order chi connectivity index (χ0) is 9.30. The Morgan fingerprint density at radius 1 is 1.25 bits per heavy atom. The third kappa shape index (κ3) is 1.39. The van der Waals surface area contributed by atoms with Gasteiger partial charge in [-0.2, -0.15) is 0 Å². The summed E-state index contributed by atoms with van der Waals surface area (Å²) in [5.41, 5.74) is 4.60. The van der Waals surface area contributed by atoms with Gasteiger partial charge in [-0.3, -0.25) is 0 Å². The Bertz CT molecular complexity index is 276. The number of rotatable bonds is 2. The summed E-state index contributed by atoms with van der Waals surface area (Å²) in [6.07, 6.45) is 0.428. The summed E-state index contributed by atoms with van der Waals surface area (Å²) in [4.78, 5) is 3.21. The maximum absolute atomic E-state index is 9.62. The summed E-state index contributed by atoms with van der Waals surface area (Å²) in [6.45, 7) is 8.14. The number of hydrogen-bond acceptors (Lipinski definition) is 1. The minimum atomic E-state index is -0.336. The third-order valence-electron chi connectivity index (χ3n) is 2.57. The molecule has 0 radical (unpaired) electrons. The van der Waals surface area contributed by atoms with Crippen molar-refractivity contribution < 1.29 is 5.11 Å². The van der Waals surface area contributed by atoms with Crippen LogP contribution in [0.2, 0.25) is 0 Å². The fourth-order valence-electron chi connectivity index (χ4n) is 1.41. The van der Waals surface area contributed by atoms with Crippen LogP contribution in [0.4, 0.5) is 0 Å². The number of aryl methyl sites for hydroxylation is 1. The van der Waals surface area contributed by atoms with E-state index in [1.54, 1.807) is 0 Å². The maximum Gasteiger partial charge on any atom is 0.0937 e. The van der Waals surface area contributed by atoms with Gasteiger partial charge in [0, 0.05) is 11.4 Å². The topological polar surface area (TPSA) is 36.0 Å². The number of aromatic amines is 1. The van der Waals surface area contributed by atoms with Crippen molar-refractivity contribution in [2.75, 3.05) is 0 Å². The van der Waals surface area contributed by atoms with Gasteiger partial charge in [0.2, 0.25) is 0 Å². The minimum absolute atomic E-state index is 0.336. The van der Waals surface area contributed by atoms with Crippen LogP contribution in [0.25, 0.3) is 0 Å². The molecule has 0 aromatic carbocycles. The molecule has 1 aromatic heterocycles. The van der Waals surface area contributed by atoms with Crippen molar-refractivity contribution in [2.24, 2.45) is 0 Å². The van der Waals surface area contributed by atoms with Crippen molar-refractivity contribution >= 4 is 0 Å². The Morgan fingerprint density at radius 3 is 2.17 bits per heavy atom. The summed E-state index contributed by atoms with van der Waals surface area (Å²) >= 11 is 0. The van der Waals surface area contributed by atoms with Crippen molar-refractivity contribution in [2.45, 2.75) is 40.2 Å². The standard InChI is InChI=1S/C10H17NO/c1-5-9(12)10-7(3)6(2)8(4)11-10/h9,11-12H,5H2,1-4H3. The van der Waals surface area contributed by atoms with Gasteiger partial charge in [0.15, 0.2) is 0 Å². The van der Waals surface area contributed by atoms with Gasteiger partial charge in [-0.15, -0.1) is 0 Å². The highest BCUT2D eigenvalue weighted by Crippen LogP contribution is 2.23. The van der Waals surface area contributed by atoms with E-state index in [4.69, 9.17) is 0 Å². The minimum Gasteiger partial charge on any atom is -0.387 e. The Hall–Kier alpha value is -0.760. The predicted octanol–water partition coefficient (Wildman–Crippen LogP) is 2.38. The Labute approximate surface area is 73.6 Å². The number of H-pyrrole nitrogens is 1. The monoisotopic (exact) mass is 167 g/mol. The highest BCUT2D eigenvalue weighted by atomic mass is 16.3. The SMILES string of the molecule is CCC(O)c1[nH]c(C)c(C)c1C. The molecular weight excluding hydrogens is 150 g/mol. The van der Waals surface area contributed by atoms with E-state index in [-0.39, 0.29) is 6.10 Å². The van der Waals surface area contributed by atoms with E-state index in [0.717, 1.165) is 17.8 Å². The average Bonchev–Trinajstić information content (AvgIpc) is 2.32. The number of aromatic nitrogens is 1. The predicted molar refractivity (Wildman–Crippen MR) is 50.3 cm³/mol. The molecule has 0 amide bonds. The summed E-state index contributed by atoms with van der Waals surface area (Å²) in [6, 6.07) is 0. The normalized spacial score (nSPS) is 13.4. The molecule has 0 aliphatic heterocycles. The molecule has 1 atom stereocenters. The molecule has 2 nitrogen and oxygen atoms in total. The smallest absolute Gasteiger partial charge is 0.0937 e. The highest BCUT2D eigenvalue weighted by Gasteiger charge is 2.13. The molecule has 1 unspecified atom stereocenters. The molecule has 0 bridgehead atoms.